The molecule has 0 saturated carbocycles. The van der Waals surface area contributed by atoms with Crippen LogP contribution in [0.2, 0.25) is 0 Å². The normalized spacial score (nSPS) is 16.6. The van der Waals surface area contributed by atoms with Gasteiger partial charge in [-0.1, -0.05) is 0 Å². The molecular weight excluding hydrogens is 285 g/mol. The van der Waals surface area contributed by atoms with Gasteiger partial charge in [0, 0.05) is 8.15 Å². The molecule has 8 nitrogen and oxygen atoms in total. The van der Waals surface area contributed by atoms with Crippen LogP contribution in [-0.2, 0) is 14.4 Å². The van der Waals surface area contributed by atoms with Crippen LogP contribution in [0, 0.1) is 0 Å². The van der Waals surface area contributed by atoms with Crippen molar-refractivity contribution in [2.75, 3.05) is 12.8 Å². The predicted molar refractivity (Wildman–Crippen MR) is 75.4 cm³/mol. The Morgan fingerprint density at radius 2 is 1.65 bits per heavy atom. The molecule has 0 spiro atoms. The van der Waals surface area contributed by atoms with Crippen molar-refractivity contribution in [3.05, 3.63) is 0 Å². The molecule has 2 unspecified atom stereocenters. The number of hydrogen-bond donors (Lipinski definition) is 5. The Balaban J connectivity index is 4.24. The monoisotopic (exact) mass is 307 g/mol. The maximum absolute atomic E-state index is 11.7. The standard InChI is InChI=1S/C11H22N3O5P/c1-6(9(15)14-7(2)11(17)18)13-10(16)8(12)4-5-20(3)19/h6-8,19H,4-5,12H2,1-3H3,(H,13,16)(H,14,15)(H,17,18)/t6-,7-,8?,20?/m0/s1. The summed E-state index contributed by atoms with van der Waals surface area (Å²) in [6.07, 6.45) is 0.769. The van der Waals surface area contributed by atoms with Crippen LogP contribution in [0.4, 0.5) is 0 Å². The number of aliphatic carboxylic acids is 1. The highest BCUT2D eigenvalue weighted by Gasteiger charge is 2.22. The quantitative estimate of drug-likeness (QED) is 0.357. The Hall–Kier alpha value is -1.24. The molecular formula is C11H22N3O5P. The van der Waals surface area contributed by atoms with Gasteiger partial charge in [-0.15, -0.1) is 0 Å². The maximum Gasteiger partial charge on any atom is 0.325 e. The van der Waals surface area contributed by atoms with Gasteiger partial charge in [-0.2, -0.15) is 0 Å². The fourth-order valence-corrected chi connectivity index (χ4v) is 1.89. The molecule has 0 aliphatic rings. The molecule has 0 bridgehead atoms. The molecule has 0 aromatic rings. The second-order valence-electron chi connectivity index (χ2n) is 4.58. The van der Waals surface area contributed by atoms with E-state index in [-0.39, 0.29) is 0 Å². The maximum atomic E-state index is 11.7. The van der Waals surface area contributed by atoms with Crippen molar-refractivity contribution >= 4 is 25.9 Å². The first-order valence-corrected chi connectivity index (χ1v) is 8.07. The summed E-state index contributed by atoms with van der Waals surface area (Å²) in [5.74, 6) is -2.26. The molecule has 0 fully saturated rings. The number of hydrogen-bond acceptors (Lipinski definition) is 5. The second-order valence-corrected chi connectivity index (χ2v) is 6.34. The lowest BCUT2D eigenvalue weighted by Crippen LogP contribution is -2.52. The van der Waals surface area contributed by atoms with E-state index in [1.54, 1.807) is 6.66 Å². The minimum Gasteiger partial charge on any atom is -0.480 e. The molecule has 0 aliphatic heterocycles. The summed E-state index contributed by atoms with van der Waals surface area (Å²) in [6, 6.07) is -2.72. The zero-order valence-electron chi connectivity index (χ0n) is 11.8. The zero-order chi connectivity index (χ0) is 15.9. The van der Waals surface area contributed by atoms with E-state index in [4.69, 9.17) is 15.7 Å². The average Bonchev–Trinajstić information content (AvgIpc) is 2.35. The Morgan fingerprint density at radius 3 is 2.10 bits per heavy atom. The predicted octanol–water partition coefficient (Wildman–Crippen LogP) is -1.18. The molecule has 0 rings (SSSR count). The van der Waals surface area contributed by atoms with Crippen LogP contribution in [0.15, 0.2) is 0 Å². The number of rotatable bonds is 8. The fraction of sp³-hybridized carbons (Fsp3) is 0.727. The SMILES string of the molecule is C[C@H](NC(=O)[C@H](C)NC(=O)C(N)CCP(C)O)C(=O)O. The number of nitrogens with two attached hydrogens (primary N) is 1. The molecule has 116 valence electrons. The number of carboxylic acids is 1. The van der Waals surface area contributed by atoms with Crippen LogP contribution < -0.4 is 16.4 Å². The van der Waals surface area contributed by atoms with Gasteiger partial charge < -0.3 is 26.4 Å². The molecule has 4 atom stereocenters. The zero-order valence-corrected chi connectivity index (χ0v) is 12.7. The van der Waals surface area contributed by atoms with Crippen molar-refractivity contribution in [3.63, 3.8) is 0 Å². The molecule has 0 aromatic carbocycles. The molecule has 20 heavy (non-hydrogen) atoms. The first-order chi connectivity index (χ1) is 9.15. The van der Waals surface area contributed by atoms with Gasteiger partial charge in [-0.3, -0.25) is 14.4 Å². The van der Waals surface area contributed by atoms with Crippen LogP contribution >= 0.6 is 8.15 Å². The van der Waals surface area contributed by atoms with Gasteiger partial charge in [0.2, 0.25) is 11.8 Å². The Kier molecular flexibility index (Phi) is 8.29. The topological polar surface area (TPSA) is 142 Å². The van der Waals surface area contributed by atoms with Gasteiger partial charge in [0.05, 0.1) is 6.04 Å². The third kappa shape index (κ3) is 7.37. The number of carbonyl (C=O) groups is 3. The molecule has 6 N–H and O–H groups in total. The van der Waals surface area contributed by atoms with Crippen LogP contribution in [0.25, 0.3) is 0 Å². The second kappa shape index (κ2) is 8.84. The summed E-state index contributed by atoms with van der Waals surface area (Å²) in [5, 5.41) is 13.3. The Labute approximate surface area is 118 Å². The van der Waals surface area contributed by atoms with Crippen molar-refractivity contribution in [2.24, 2.45) is 5.73 Å². The third-order valence-electron chi connectivity index (χ3n) is 2.58. The van der Waals surface area contributed by atoms with Gasteiger partial charge in [-0.05, 0) is 33.1 Å². The fourth-order valence-electron chi connectivity index (χ4n) is 1.24. The van der Waals surface area contributed by atoms with E-state index in [9.17, 15) is 14.4 Å². The summed E-state index contributed by atoms with van der Waals surface area (Å²) >= 11 is 0. The van der Waals surface area contributed by atoms with E-state index in [1.165, 1.54) is 13.8 Å². The summed E-state index contributed by atoms with van der Waals surface area (Å²) < 4.78 is 0. The molecule has 0 heterocycles. The van der Waals surface area contributed by atoms with Crippen LogP contribution in [-0.4, -0.2) is 58.7 Å². The van der Waals surface area contributed by atoms with Gasteiger partial charge in [-0.25, -0.2) is 0 Å². The molecule has 9 heteroatoms. The van der Waals surface area contributed by atoms with E-state index in [0.29, 0.717) is 12.6 Å². The van der Waals surface area contributed by atoms with Crippen molar-refractivity contribution in [1.29, 1.82) is 0 Å². The third-order valence-corrected chi connectivity index (χ3v) is 3.49. The van der Waals surface area contributed by atoms with E-state index >= 15 is 0 Å². The minimum atomic E-state index is -1.16. The summed E-state index contributed by atoms with van der Waals surface area (Å²) in [7, 11) is -1.11. The van der Waals surface area contributed by atoms with Gasteiger partial charge in [0.25, 0.3) is 0 Å². The van der Waals surface area contributed by atoms with Crippen LogP contribution in [0.1, 0.15) is 20.3 Å². The number of amides is 2. The van der Waals surface area contributed by atoms with Gasteiger partial charge >= 0.3 is 5.97 Å². The van der Waals surface area contributed by atoms with Crippen LogP contribution in [0.3, 0.4) is 0 Å². The summed E-state index contributed by atoms with van der Waals surface area (Å²) in [4.78, 5) is 43.1. The largest absolute Gasteiger partial charge is 0.480 e. The van der Waals surface area contributed by atoms with E-state index in [0.717, 1.165) is 0 Å². The lowest BCUT2D eigenvalue weighted by atomic mass is 10.2. The highest BCUT2D eigenvalue weighted by Crippen LogP contribution is 2.24. The van der Waals surface area contributed by atoms with Crippen LogP contribution in [0.5, 0.6) is 0 Å². The molecule has 0 aromatic heterocycles. The van der Waals surface area contributed by atoms with Crippen molar-refractivity contribution in [2.45, 2.75) is 38.4 Å². The van der Waals surface area contributed by atoms with Gasteiger partial charge in [0.15, 0.2) is 0 Å². The Bertz CT molecular complexity index is 364. The molecule has 0 radical (unpaired) electrons. The van der Waals surface area contributed by atoms with Gasteiger partial charge in [0.1, 0.15) is 12.1 Å². The number of carboxylic acid groups (broad SMARTS) is 1. The van der Waals surface area contributed by atoms with Crippen molar-refractivity contribution < 1.29 is 24.4 Å². The van der Waals surface area contributed by atoms with E-state index < -0.39 is 44.1 Å². The lowest BCUT2D eigenvalue weighted by molar-refractivity contribution is -0.141. The number of nitrogens with one attached hydrogen (secondary N) is 2. The highest BCUT2D eigenvalue weighted by molar-refractivity contribution is 7.50. The molecule has 0 saturated heterocycles. The molecule has 2 amide bonds. The van der Waals surface area contributed by atoms with E-state index in [1.807, 2.05) is 0 Å². The smallest absolute Gasteiger partial charge is 0.325 e. The lowest BCUT2D eigenvalue weighted by Gasteiger charge is -2.18. The average molecular weight is 307 g/mol. The Morgan fingerprint density at radius 1 is 1.15 bits per heavy atom. The van der Waals surface area contributed by atoms with E-state index in [2.05, 4.69) is 10.6 Å². The number of carbonyl (C=O) groups excluding carboxylic acids is 2. The summed E-state index contributed by atoms with van der Waals surface area (Å²) in [5.41, 5.74) is 5.62. The summed E-state index contributed by atoms with van der Waals surface area (Å²) in [6.45, 7) is 4.42. The van der Waals surface area contributed by atoms with Crippen molar-refractivity contribution in [1.82, 2.24) is 10.6 Å². The minimum absolute atomic E-state index is 0.324. The molecule has 0 aliphatic carbocycles. The highest BCUT2D eigenvalue weighted by atomic mass is 31.1. The van der Waals surface area contributed by atoms with Crippen molar-refractivity contribution in [3.8, 4) is 0 Å². The first-order valence-electron chi connectivity index (χ1n) is 6.14. The first kappa shape index (κ1) is 18.8.